The smallest absolute Gasteiger partial charge is 0.196 e. The number of hydrogen-bond donors (Lipinski definition) is 0. The molecule has 0 atom stereocenters. The van der Waals surface area contributed by atoms with Crippen molar-refractivity contribution in [2.75, 3.05) is 6.61 Å². The molecule has 0 aromatic heterocycles. The second-order valence-corrected chi connectivity index (χ2v) is 3.48. The lowest BCUT2D eigenvalue weighted by atomic mass is 10.1. The van der Waals surface area contributed by atoms with Crippen molar-refractivity contribution < 1.29 is 9.53 Å². The second-order valence-electron chi connectivity index (χ2n) is 3.48. The van der Waals surface area contributed by atoms with Crippen LogP contribution in [0.4, 0.5) is 0 Å². The van der Waals surface area contributed by atoms with Gasteiger partial charge in [0.15, 0.2) is 11.7 Å². The molecule has 82 valence electrons. The average molecular weight is 215 g/mol. The van der Waals surface area contributed by atoms with Crippen LogP contribution in [0.5, 0.6) is 0 Å². The zero-order valence-corrected chi connectivity index (χ0v) is 9.14. The SMILES string of the molecule is CCOC1=N/C(=C/c2ccccc2)C(=O)C1. The Morgan fingerprint density at radius 1 is 1.38 bits per heavy atom. The molecule has 0 amide bonds. The number of rotatable bonds is 2. The van der Waals surface area contributed by atoms with E-state index >= 15 is 0 Å². The van der Waals surface area contributed by atoms with Crippen LogP contribution in [0.15, 0.2) is 41.0 Å². The molecule has 1 heterocycles. The van der Waals surface area contributed by atoms with Crippen molar-refractivity contribution in [1.82, 2.24) is 0 Å². The van der Waals surface area contributed by atoms with Crippen LogP contribution in [0.25, 0.3) is 6.08 Å². The summed E-state index contributed by atoms with van der Waals surface area (Å²) in [7, 11) is 0. The fourth-order valence-electron chi connectivity index (χ4n) is 1.53. The predicted molar refractivity (Wildman–Crippen MR) is 63.1 cm³/mol. The first-order chi connectivity index (χ1) is 7.79. The molecule has 0 N–H and O–H groups in total. The van der Waals surface area contributed by atoms with E-state index < -0.39 is 0 Å². The first kappa shape index (κ1) is 10.6. The van der Waals surface area contributed by atoms with Crippen LogP contribution < -0.4 is 0 Å². The van der Waals surface area contributed by atoms with Crippen molar-refractivity contribution in [3.05, 3.63) is 41.6 Å². The highest BCUT2D eigenvalue weighted by Gasteiger charge is 2.21. The average Bonchev–Trinajstić information content (AvgIpc) is 2.61. The standard InChI is InChI=1S/C13H13NO2/c1-2-16-13-9-12(15)11(14-13)8-10-6-4-3-5-7-10/h3-8H,2,9H2,1H3/b11-8+. The number of nitrogens with zero attached hydrogens (tertiary/aromatic N) is 1. The Balaban J connectivity index is 2.22. The van der Waals surface area contributed by atoms with Gasteiger partial charge in [-0.15, -0.1) is 0 Å². The van der Waals surface area contributed by atoms with Crippen LogP contribution in [0, 0.1) is 0 Å². The third-order valence-corrected chi connectivity index (χ3v) is 2.26. The van der Waals surface area contributed by atoms with Crippen molar-refractivity contribution in [1.29, 1.82) is 0 Å². The number of ether oxygens (including phenoxy) is 1. The summed E-state index contributed by atoms with van der Waals surface area (Å²) in [5.41, 5.74) is 1.46. The number of Topliss-reactive ketones (excluding diaryl/α,β-unsaturated/α-hetero) is 1. The summed E-state index contributed by atoms with van der Waals surface area (Å²) in [4.78, 5) is 15.8. The molecule has 3 nitrogen and oxygen atoms in total. The van der Waals surface area contributed by atoms with Crippen molar-refractivity contribution in [3.8, 4) is 0 Å². The molecular weight excluding hydrogens is 202 g/mol. The Morgan fingerprint density at radius 3 is 2.81 bits per heavy atom. The van der Waals surface area contributed by atoms with Gasteiger partial charge in [0, 0.05) is 0 Å². The number of hydrogen-bond acceptors (Lipinski definition) is 3. The number of allylic oxidation sites excluding steroid dienone is 1. The lowest BCUT2D eigenvalue weighted by molar-refractivity contribution is -0.114. The van der Waals surface area contributed by atoms with E-state index in [1.807, 2.05) is 37.3 Å². The van der Waals surface area contributed by atoms with Crippen LogP contribution >= 0.6 is 0 Å². The normalized spacial score (nSPS) is 17.7. The summed E-state index contributed by atoms with van der Waals surface area (Å²) >= 11 is 0. The number of benzene rings is 1. The molecule has 0 bridgehead atoms. The van der Waals surface area contributed by atoms with Crippen molar-refractivity contribution in [2.24, 2.45) is 4.99 Å². The molecule has 1 aromatic carbocycles. The second kappa shape index (κ2) is 4.75. The molecule has 0 aliphatic carbocycles. The van der Waals surface area contributed by atoms with Gasteiger partial charge in [-0.25, -0.2) is 4.99 Å². The van der Waals surface area contributed by atoms with E-state index in [4.69, 9.17) is 4.74 Å². The van der Waals surface area contributed by atoms with Crippen molar-refractivity contribution >= 4 is 17.8 Å². The zero-order chi connectivity index (χ0) is 11.4. The number of ketones is 1. The van der Waals surface area contributed by atoms with Crippen LogP contribution in [0.3, 0.4) is 0 Å². The van der Waals surface area contributed by atoms with E-state index in [1.54, 1.807) is 6.08 Å². The van der Waals surface area contributed by atoms with Gasteiger partial charge in [-0.05, 0) is 18.6 Å². The van der Waals surface area contributed by atoms with E-state index in [-0.39, 0.29) is 12.2 Å². The highest BCUT2D eigenvalue weighted by Crippen LogP contribution is 2.17. The van der Waals surface area contributed by atoms with Gasteiger partial charge in [0.05, 0.1) is 13.0 Å². The van der Waals surface area contributed by atoms with E-state index in [0.717, 1.165) is 5.56 Å². The summed E-state index contributed by atoms with van der Waals surface area (Å²) in [6, 6.07) is 9.67. The summed E-state index contributed by atoms with van der Waals surface area (Å²) in [6.45, 7) is 2.43. The minimum absolute atomic E-state index is 0.0207. The lowest BCUT2D eigenvalue weighted by Crippen LogP contribution is -2.03. The van der Waals surface area contributed by atoms with Gasteiger partial charge in [0.2, 0.25) is 0 Å². The van der Waals surface area contributed by atoms with Gasteiger partial charge in [-0.3, -0.25) is 4.79 Å². The molecule has 1 aliphatic heterocycles. The van der Waals surface area contributed by atoms with Crippen LogP contribution in [0.2, 0.25) is 0 Å². The molecule has 1 aromatic rings. The van der Waals surface area contributed by atoms with Gasteiger partial charge < -0.3 is 4.74 Å². The number of carbonyl (C=O) groups is 1. The molecule has 0 spiro atoms. The maximum absolute atomic E-state index is 11.6. The lowest BCUT2D eigenvalue weighted by Gasteiger charge is -1.96. The highest BCUT2D eigenvalue weighted by molar-refractivity contribution is 6.15. The summed E-state index contributed by atoms with van der Waals surface area (Å²) in [5.74, 6) is 0.544. The fraction of sp³-hybridized carbons (Fsp3) is 0.231. The Kier molecular flexibility index (Phi) is 3.15. The van der Waals surface area contributed by atoms with Crippen molar-refractivity contribution in [3.63, 3.8) is 0 Å². The number of carbonyl (C=O) groups excluding carboxylic acids is 1. The third-order valence-electron chi connectivity index (χ3n) is 2.26. The molecular formula is C13H13NO2. The minimum atomic E-state index is 0.0207. The topological polar surface area (TPSA) is 38.7 Å². The molecule has 0 unspecified atom stereocenters. The Morgan fingerprint density at radius 2 is 2.12 bits per heavy atom. The summed E-state index contributed by atoms with van der Waals surface area (Å²) in [5, 5.41) is 0. The molecule has 0 saturated carbocycles. The van der Waals surface area contributed by atoms with Crippen LogP contribution in [0.1, 0.15) is 18.9 Å². The van der Waals surface area contributed by atoms with Gasteiger partial charge in [0.25, 0.3) is 0 Å². The molecule has 0 saturated heterocycles. The van der Waals surface area contributed by atoms with Gasteiger partial charge >= 0.3 is 0 Å². The first-order valence-electron chi connectivity index (χ1n) is 5.30. The zero-order valence-electron chi connectivity index (χ0n) is 9.14. The van der Waals surface area contributed by atoms with E-state index in [1.165, 1.54) is 0 Å². The molecule has 0 radical (unpaired) electrons. The van der Waals surface area contributed by atoms with E-state index in [9.17, 15) is 4.79 Å². The molecule has 1 aliphatic rings. The van der Waals surface area contributed by atoms with E-state index in [0.29, 0.717) is 18.2 Å². The molecule has 3 heteroatoms. The Hall–Kier alpha value is -1.90. The van der Waals surface area contributed by atoms with Crippen LogP contribution in [-0.4, -0.2) is 18.3 Å². The Bertz CT molecular complexity index is 446. The van der Waals surface area contributed by atoms with Gasteiger partial charge in [-0.1, -0.05) is 30.3 Å². The Labute approximate surface area is 94.5 Å². The highest BCUT2D eigenvalue weighted by atomic mass is 16.5. The quantitative estimate of drug-likeness (QED) is 0.711. The maximum atomic E-state index is 11.6. The minimum Gasteiger partial charge on any atom is -0.481 e. The summed E-state index contributed by atoms with van der Waals surface area (Å²) in [6.07, 6.45) is 2.07. The molecule has 16 heavy (non-hydrogen) atoms. The van der Waals surface area contributed by atoms with Crippen LogP contribution in [-0.2, 0) is 9.53 Å². The van der Waals surface area contributed by atoms with Crippen molar-refractivity contribution in [2.45, 2.75) is 13.3 Å². The molecule has 2 rings (SSSR count). The third kappa shape index (κ3) is 2.37. The summed E-state index contributed by atoms with van der Waals surface area (Å²) < 4.78 is 5.23. The van der Waals surface area contributed by atoms with E-state index in [2.05, 4.69) is 4.99 Å². The largest absolute Gasteiger partial charge is 0.481 e. The predicted octanol–water partition coefficient (Wildman–Crippen LogP) is 2.44. The number of aliphatic imine (C=N–C) groups is 1. The van der Waals surface area contributed by atoms with Gasteiger partial charge in [-0.2, -0.15) is 0 Å². The fourth-order valence-corrected chi connectivity index (χ4v) is 1.53. The maximum Gasteiger partial charge on any atom is 0.196 e. The molecule has 0 fully saturated rings. The first-order valence-corrected chi connectivity index (χ1v) is 5.30. The monoisotopic (exact) mass is 215 g/mol. The van der Waals surface area contributed by atoms with Gasteiger partial charge in [0.1, 0.15) is 5.70 Å².